The first-order chi connectivity index (χ1) is 9.97. The second-order valence-electron chi connectivity index (χ2n) is 4.98. The first kappa shape index (κ1) is 16.5. The van der Waals surface area contributed by atoms with E-state index in [2.05, 4.69) is 10.3 Å². The van der Waals surface area contributed by atoms with E-state index in [0.29, 0.717) is 23.1 Å². The molecule has 116 valence electrons. The van der Waals surface area contributed by atoms with E-state index in [-0.39, 0.29) is 37.1 Å². The van der Waals surface area contributed by atoms with Crippen molar-refractivity contribution in [3.63, 3.8) is 0 Å². The molecule has 6 nitrogen and oxygen atoms in total. The fourth-order valence-corrected chi connectivity index (χ4v) is 2.68. The molecule has 1 fully saturated rings. The summed E-state index contributed by atoms with van der Waals surface area (Å²) >= 11 is 11.7. The summed E-state index contributed by atoms with van der Waals surface area (Å²) in [5.41, 5.74) is 0. The highest BCUT2D eigenvalue weighted by atomic mass is 35.5. The number of pyridine rings is 1. The molecule has 1 aliphatic heterocycles. The van der Waals surface area contributed by atoms with Crippen molar-refractivity contribution >= 4 is 34.9 Å². The lowest BCUT2D eigenvalue weighted by molar-refractivity contribution is -0.124. The average molecular weight is 334 g/mol. The molecule has 1 aliphatic rings. The molecule has 2 rings (SSSR count). The number of nitrogens with zero attached hydrogens (tertiary/aromatic N) is 2. The Labute approximate surface area is 133 Å². The van der Waals surface area contributed by atoms with Crippen molar-refractivity contribution in [3.05, 3.63) is 22.3 Å². The molecule has 2 heterocycles. The Hall–Kier alpha value is -0.920. The van der Waals surface area contributed by atoms with Crippen LogP contribution < -0.4 is 5.32 Å². The maximum Gasteiger partial charge on any atom is 0.239 e. The van der Waals surface area contributed by atoms with Crippen LogP contribution in [0.3, 0.4) is 0 Å². The van der Waals surface area contributed by atoms with Gasteiger partial charge in [0.15, 0.2) is 5.82 Å². The molecule has 0 spiro atoms. The topological polar surface area (TPSA) is 74.7 Å². The first-order valence-electron chi connectivity index (χ1n) is 6.57. The smallest absolute Gasteiger partial charge is 0.239 e. The molecule has 1 aromatic heterocycles. The van der Waals surface area contributed by atoms with Crippen molar-refractivity contribution < 1.29 is 14.6 Å². The van der Waals surface area contributed by atoms with Crippen LogP contribution in [0.25, 0.3) is 0 Å². The van der Waals surface area contributed by atoms with Crippen molar-refractivity contribution in [2.24, 2.45) is 0 Å². The number of carbonyl (C=O) groups is 1. The third kappa shape index (κ3) is 4.79. The van der Waals surface area contributed by atoms with Gasteiger partial charge >= 0.3 is 0 Å². The second kappa shape index (κ2) is 7.38. The standard InChI is InChI=1S/C13H17Cl2N3O3/c1-8-4-18(5-10(7-19)21-8)6-12(20)17-13-11(15)2-9(14)3-16-13/h2-3,8,10,19H,4-7H2,1H3,(H,16,17,20). The number of aliphatic hydroxyl groups is 1. The molecule has 0 aromatic carbocycles. The highest BCUT2D eigenvalue weighted by Crippen LogP contribution is 2.22. The molecule has 0 bridgehead atoms. The number of ether oxygens (including phenoxy) is 1. The number of morpholine rings is 1. The third-order valence-corrected chi connectivity index (χ3v) is 3.53. The summed E-state index contributed by atoms with van der Waals surface area (Å²) in [7, 11) is 0. The lowest BCUT2D eigenvalue weighted by Gasteiger charge is -2.35. The molecule has 0 aliphatic carbocycles. The fourth-order valence-electron chi connectivity index (χ4n) is 2.25. The Morgan fingerprint density at radius 3 is 3.00 bits per heavy atom. The van der Waals surface area contributed by atoms with Crippen LogP contribution in [0.1, 0.15) is 6.92 Å². The molecular weight excluding hydrogens is 317 g/mol. The summed E-state index contributed by atoms with van der Waals surface area (Å²) in [6, 6.07) is 1.52. The molecule has 2 unspecified atom stereocenters. The highest BCUT2D eigenvalue weighted by Gasteiger charge is 2.26. The fraction of sp³-hybridized carbons (Fsp3) is 0.538. The molecule has 21 heavy (non-hydrogen) atoms. The molecule has 2 atom stereocenters. The second-order valence-corrected chi connectivity index (χ2v) is 5.82. The number of carbonyl (C=O) groups excluding carboxylic acids is 1. The zero-order valence-electron chi connectivity index (χ0n) is 11.6. The normalized spacial score (nSPS) is 23.0. The van der Waals surface area contributed by atoms with Crippen LogP contribution in [0.5, 0.6) is 0 Å². The van der Waals surface area contributed by atoms with Gasteiger partial charge in [0.2, 0.25) is 5.91 Å². The van der Waals surface area contributed by atoms with Gasteiger partial charge in [-0.3, -0.25) is 9.69 Å². The summed E-state index contributed by atoms with van der Waals surface area (Å²) in [4.78, 5) is 17.9. The monoisotopic (exact) mass is 333 g/mol. The number of hydrogen-bond donors (Lipinski definition) is 2. The summed E-state index contributed by atoms with van der Waals surface area (Å²) < 4.78 is 5.53. The van der Waals surface area contributed by atoms with Crippen LogP contribution in [0.2, 0.25) is 10.0 Å². The Morgan fingerprint density at radius 1 is 1.57 bits per heavy atom. The quantitative estimate of drug-likeness (QED) is 0.871. The van der Waals surface area contributed by atoms with E-state index in [4.69, 9.17) is 33.0 Å². The number of halogens is 2. The van der Waals surface area contributed by atoms with Gasteiger partial charge < -0.3 is 15.2 Å². The number of amides is 1. The van der Waals surface area contributed by atoms with Gasteiger partial charge in [-0.25, -0.2) is 4.98 Å². The zero-order valence-corrected chi connectivity index (χ0v) is 13.1. The third-order valence-electron chi connectivity index (χ3n) is 3.04. The Morgan fingerprint density at radius 2 is 2.33 bits per heavy atom. The largest absolute Gasteiger partial charge is 0.394 e. The van der Waals surface area contributed by atoms with Gasteiger partial charge in [0.1, 0.15) is 0 Å². The van der Waals surface area contributed by atoms with Crippen molar-refractivity contribution in [2.45, 2.75) is 19.1 Å². The van der Waals surface area contributed by atoms with E-state index < -0.39 is 0 Å². The van der Waals surface area contributed by atoms with Gasteiger partial charge in [-0.2, -0.15) is 0 Å². The van der Waals surface area contributed by atoms with Crippen LogP contribution in [0, 0.1) is 0 Å². The molecule has 2 N–H and O–H groups in total. The summed E-state index contributed by atoms with van der Waals surface area (Å²) in [6.07, 6.45) is 1.13. The number of anilines is 1. The van der Waals surface area contributed by atoms with Crippen LogP contribution in [-0.2, 0) is 9.53 Å². The van der Waals surface area contributed by atoms with Crippen LogP contribution in [0.4, 0.5) is 5.82 Å². The minimum absolute atomic E-state index is 0.0269. The van der Waals surface area contributed by atoms with Gasteiger partial charge in [-0.15, -0.1) is 0 Å². The lowest BCUT2D eigenvalue weighted by Crippen LogP contribution is -2.50. The summed E-state index contributed by atoms with van der Waals surface area (Å²) in [5, 5.41) is 12.5. The Balaban J connectivity index is 1.92. The minimum Gasteiger partial charge on any atom is -0.394 e. The summed E-state index contributed by atoms with van der Waals surface area (Å²) in [5.74, 6) is 0.0589. The predicted octanol–water partition coefficient (Wildman–Crippen LogP) is 1.41. The van der Waals surface area contributed by atoms with E-state index in [1.165, 1.54) is 12.3 Å². The molecule has 1 saturated heterocycles. The van der Waals surface area contributed by atoms with E-state index in [9.17, 15) is 4.79 Å². The number of nitrogens with one attached hydrogen (secondary N) is 1. The molecule has 8 heteroatoms. The van der Waals surface area contributed by atoms with E-state index >= 15 is 0 Å². The number of hydrogen-bond acceptors (Lipinski definition) is 5. The van der Waals surface area contributed by atoms with Gasteiger partial charge in [0.25, 0.3) is 0 Å². The highest BCUT2D eigenvalue weighted by molar-refractivity contribution is 6.36. The Bertz CT molecular complexity index is 515. The van der Waals surface area contributed by atoms with Crippen LogP contribution in [-0.4, -0.2) is 59.3 Å². The van der Waals surface area contributed by atoms with Crippen molar-refractivity contribution in [3.8, 4) is 0 Å². The zero-order chi connectivity index (χ0) is 15.4. The maximum atomic E-state index is 12.0. The molecular formula is C13H17Cl2N3O3. The first-order valence-corrected chi connectivity index (χ1v) is 7.33. The van der Waals surface area contributed by atoms with Gasteiger partial charge in [-0.05, 0) is 13.0 Å². The SMILES string of the molecule is CC1CN(CC(=O)Nc2ncc(Cl)cc2Cl)CC(CO)O1. The number of rotatable bonds is 4. The van der Waals surface area contributed by atoms with Gasteiger partial charge in [0.05, 0.1) is 35.4 Å². The van der Waals surface area contributed by atoms with Gasteiger partial charge in [-0.1, -0.05) is 23.2 Å². The van der Waals surface area contributed by atoms with Crippen molar-refractivity contribution in [1.29, 1.82) is 0 Å². The lowest BCUT2D eigenvalue weighted by atomic mass is 10.2. The van der Waals surface area contributed by atoms with E-state index in [1.54, 1.807) is 0 Å². The van der Waals surface area contributed by atoms with Crippen molar-refractivity contribution in [1.82, 2.24) is 9.88 Å². The van der Waals surface area contributed by atoms with Gasteiger partial charge in [0, 0.05) is 19.3 Å². The van der Waals surface area contributed by atoms with Crippen LogP contribution in [0.15, 0.2) is 12.3 Å². The minimum atomic E-state index is -0.265. The van der Waals surface area contributed by atoms with Crippen LogP contribution >= 0.6 is 23.2 Å². The number of aromatic nitrogens is 1. The molecule has 0 saturated carbocycles. The molecule has 0 radical (unpaired) electrons. The number of aliphatic hydroxyl groups excluding tert-OH is 1. The molecule has 1 amide bonds. The average Bonchev–Trinajstić information content (AvgIpc) is 2.41. The van der Waals surface area contributed by atoms with E-state index in [0.717, 1.165) is 0 Å². The summed E-state index contributed by atoms with van der Waals surface area (Å²) in [6.45, 7) is 3.17. The molecule has 1 aromatic rings. The maximum absolute atomic E-state index is 12.0. The predicted molar refractivity (Wildman–Crippen MR) is 80.7 cm³/mol. The Kier molecular flexibility index (Phi) is 5.78. The van der Waals surface area contributed by atoms with E-state index in [1.807, 2.05) is 11.8 Å². The van der Waals surface area contributed by atoms with Crippen molar-refractivity contribution in [2.75, 3.05) is 31.6 Å².